The van der Waals surface area contributed by atoms with E-state index in [1.54, 1.807) is 17.5 Å². The fourth-order valence-electron chi connectivity index (χ4n) is 2.43. The van der Waals surface area contributed by atoms with Gasteiger partial charge in [-0.25, -0.2) is 4.98 Å². The molecule has 3 rings (SSSR count). The molecule has 1 aliphatic rings. The zero-order chi connectivity index (χ0) is 17.5. The van der Waals surface area contributed by atoms with E-state index in [9.17, 15) is 4.79 Å². The summed E-state index contributed by atoms with van der Waals surface area (Å²) in [7, 11) is 0. The summed E-state index contributed by atoms with van der Waals surface area (Å²) in [6.07, 6.45) is 0. The van der Waals surface area contributed by atoms with Crippen molar-refractivity contribution in [1.82, 2.24) is 15.2 Å². The molecule has 1 aromatic carbocycles. The number of amides is 1. The van der Waals surface area contributed by atoms with Gasteiger partial charge in [0.15, 0.2) is 0 Å². The highest BCUT2D eigenvalue weighted by molar-refractivity contribution is 7.09. The van der Waals surface area contributed by atoms with E-state index < -0.39 is 0 Å². The Kier molecular flexibility index (Phi) is 6.63. The first-order valence-electron chi connectivity index (χ1n) is 8.12. The van der Waals surface area contributed by atoms with Crippen LogP contribution < -0.4 is 10.1 Å². The van der Waals surface area contributed by atoms with Gasteiger partial charge >= 0.3 is 0 Å². The van der Waals surface area contributed by atoms with Crippen molar-refractivity contribution in [2.45, 2.75) is 6.61 Å². The van der Waals surface area contributed by atoms with Crippen LogP contribution in [0.3, 0.4) is 0 Å². The highest BCUT2D eigenvalue weighted by Gasteiger charge is 2.13. The van der Waals surface area contributed by atoms with Gasteiger partial charge in [-0.1, -0.05) is 17.7 Å². The Hall–Kier alpha value is -1.67. The summed E-state index contributed by atoms with van der Waals surface area (Å²) in [5.41, 5.74) is 0.427. The number of aromatic nitrogens is 1. The molecule has 2 aromatic rings. The first-order chi connectivity index (χ1) is 12.2. The lowest BCUT2D eigenvalue weighted by Gasteiger charge is -2.26. The van der Waals surface area contributed by atoms with Gasteiger partial charge in [0.25, 0.3) is 5.91 Å². The Bertz CT molecular complexity index is 704. The number of nitrogens with one attached hydrogen (secondary N) is 1. The van der Waals surface area contributed by atoms with Crippen LogP contribution in [-0.4, -0.2) is 55.2 Å². The summed E-state index contributed by atoms with van der Waals surface area (Å²) < 4.78 is 10.9. The molecule has 0 saturated carbocycles. The molecule has 25 heavy (non-hydrogen) atoms. The Labute approximate surface area is 155 Å². The molecule has 6 nitrogen and oxygen atoms in total. The van der Waals surface area contributed by atoms with Gasteiger partial charge in [0.05, 0.1) is 13.2 Å². The first kappa shape index (κ1) is 18.1. The zero-order valence-electron chi connectivity index (χ0n) is 13.7. The van der Waals surface area contributed by atoms with E-state index in [2.05, 4.69) is 15.2 Å². The standard InChI is InChI=1S/C17H20ClN3O3S/c18-13-2-1-3-14(10-13)24-11-16-20-15(12-25-16)17(22)19-4-5-21-6-8-23-9-7-21/h1-3,10,12H,4-9,11H2,(H,19,22). The maximum absolute atomic E-state index is 12.2. The van der Waals surface area contributed by atoms with Crippen molar-refractivity contribution in [3.05, 3.63) is 45.4 Å². The average Bonchev–Trinajstić information content (AvgIpc) is 3.10. The maximum atomic E-state index is 12.2. The van der Waals surface area contributed by atoms with E-state index >= 15 is 0 Å². The number of thiazole rings is 1. The van der Waals surface area contributed by atoms with E-state index in [0.29, 0.717) is 29.6 Å². The largest absolute Gasteiger partial charge is 0.486 e. The van der Waals surface area contributed by atoms with Gasteiger partial charge in [0, 0.05) is 36.6 Å². The molecule has 0 atom stereocenters. The lowest BCUT2D eigenvalue weighted by Crippen LogP contribution is -2.41. The molecular formula is C17H20ClN3O3S. The van der Waals surface area contributed by atoms with Gasteiger partial charge in [0.1, 0.15) is 23.1 Å². The molecule has 0 bridgehead atoms. The number of rotatable bonds is 7. The molecule has 0 unspecified atom stereocenters. The number of carbonyl (C=O) groups excluding carboxylic acids is 1. The quantitative estimate of drug-likeness (QED) is 0.798. The third kappa shape index (κ3) is 5.67. The molecular weight excluding hydrogens is 362 g/mol. The predicted octanol–water partition coefficient (Wildman–Crippen LogP) is 2.44. The molecule has 8 heteroatoms. The fourth-order valence-corrected chi connectivity index (χ4v) is 3.29. The van der Waals surface area contributed by atoms with Crippen LogP contribution in [0.5, 0.6) is 5.75 Å². The summed E-state index contributed by atoms with van der Waals surface area (Å²) >= 11 is 7.33. The molecule has 1 saturated heterocycles. The van der Waals surface area contributed by atoms with Gasteiger partial charge in [-0.05, 0) is 18.2 Å². The Morgan fingerprint density at radius 3 is 3.04 bits per heavy atom. The van der Waals surface area contributed by atoms with Crippen LogP contribution in [0.4, 0.5) is 0 Å². The second-order valence-corrected chi connectivity index (χ2v) is 6.96. The highest BCUT2D eigenvalue weighted by atomic mass is 35.5. The van der Waals surface area contributed by atoms with Crippen LogP contribution in [0.1, 0.15) is 15.5 Å². The molecule has 1 N–H and O–H groups in total. The van der Waals surface area contributed by atoms with Crippen LogP contribution in [0.2, 0.25) is 5.02 Å². The summed E-state index contributed by atoms with van der Waals surface area (Å²) in [4.78, 5) is 18.8. The minimum Gasteiger partial charge on any atom is -0.486 e. The number of hydrogen-bond acceptors (Lipinski definition) is 6. The van der Waals surface area contributed by atoms with E-state index in [4.69, 9.17) is 21.1 Å². The van der Waals surface area contributed by atoms with Crippen LogP contribution in [0.15, 0.2) is 29.6 Å². The summed E-state index contributed by atoms with van der Waals surface area (Å²) in [5, 5.41) is 6.03. The number of nitrogens with zero attached hydrogens (tertiary/aromatic N) is 2. The monoisotopic (exact) mass is 381 g/mol. The second kappa shape index (κ2) is 9.15. The number of morpholine rings is 1. The predicted molar refractivity (Wildman–Crippen MR) is 97.5 cm³/mol. The van der Waals surface area contributed by atoms with Gasteiger partial charge in [-0.15, -0.1) is 11.3 Å². The van der Waals surface area contributed by atoms with Crippen molar-refractivity contribution < 1.29 is 14.3 Å². The van der Waals surface area contributed by atoms with Gasteiger partial charge in [-0.3, -0.25) is 9.69 Å². The lowest BCUT2D eigenvalue weighted by molar-refractivity contribution is 0.0383. The minimum atomic E-state index is -0.154. The molecule has 0 radical (unpaired) electrons. The molecule has 2 heterocycles. The minimum absolute atomic E-state index is 0.154. The third-order valence-corrected chi connectivity index (χ3v) is 4.82. The van der Waals surface area contributed by atoms with E-state index in [-0.39, 0.29) is 5.91 Å². The first-order valence-corrected chi connectivity index (χ1v) is 9.37. The number of ether oxygens (including phenoxy) is 2. The fraction of sp³-hybridized carbons (Fsp3) is 0.412. The van der Waals surface area contributed by atoms with Gasteiger partial charge in [0.2, 0.25) is 0 Å². The van der Waals surface area contributed by atoms with Crippen molar-refractivity contribution in [3.63, 3.8) is 0 Å². The number of benzene rings is 1. The van der Waals surface area contributed by atoms with Crippen molar-refractivity contribution in [1.29, 1.82) is 0 Å². The van der Waals surface area contributed by atoms with Crippen molar-refractivity contribution in [3.8, 4) is 5.75 Å². The zero-order valence-corrected chi connectivity index (χ0v) is 15.3. The van der Waals surface area contributed by atoms with Gasteiger partial charge < -0.3 is 14.8 Å². The summed E-state index contributed by atoms with van der Waals surface area (Å²) in [6.45, 7) is 5.09. The molecule has 0 aliphatic carbocycles. The third-order valence-electron chi connectivity index (χ3n) is 3.76. The molecule has 1 amide bonds. The van der Waals surface area contributed by atoms with Crippen LogP contribution in [0.25, 0.3) is 0 Å². The second-order valence-electron chi connectivity index (χ2n) is 5.58. The Morgan fingerprint density at radius 2 is 2.24 bits per heavy atom. The normalized spacial score (nSPS) is 15.1. The van der Waals surface area contributed by atoms with Crippen molar-refractivity contribution >= 4 is 28.8 Å². The molecule has 1 fully saturated rings. The molecule has 1 aromatic heterocycles. The number of halogens is 1. The topological polar surface area (TPSA) is 63.7 Å². The van der Waals surface area contributed by atoms with Crippen LogP contribution >= 0.6 is 22.9 Å². The van der Waals surface area contributed by atoms with Crippen molar-refractivity contribution in [2.75, 3.05) is 39.4 Å². The molecule has 1 aliphatic heterocycles. The molecule has 0 spiro atoms. The van der Waals surface area contributed by atoms with E-state index in [0.717, 1.165) is 37.9 Å². The Balaban J connectivity index is 1.43. The van der Waals surface area contributed by atoms with E-state index in [1.165, 1.54) is 11.3 Å². The SMILES string of the molecule is O=C(NCCN1CCOCC1)c1csc(COc2cccc(Cl)c2)n1. The lowest BCUT2D eigenvalue weighted by atomic mass is 10.3. The summed E-state index contributed by atoms with van der Waals surface area (Å²) in [6, 6.07) is 7.19. The van der Waals surface area contributed by atoms with Gasteiger partial charge in [-0.2, -0.15) is 0 Å². The van der Waals surface area contributed by atoms with Crippen LogP contribution in [-0.2, 0) is 11.3 Å². The van der Waals surface area contributed by atoms with Crippen LogP contribution in [0, 0.1) is 0 Å². The molecule has 134 valence electrons. The highest BCUT2D eigenvalue weighted by Crippen LogP contribution is 2.19. The number of carbonyl (C=O) groups is 1. The average molecular weight is 382 g/mol. The summed E-state index contributed by atoms with van der Waals surface area (Å²) in [5.74, 6) is 0.526. The maximum Gasteiger partial charge on any atom is 0.270 e. The van der Waals surface area contributed by atoms with E-state index in [1.807, 2.05) is 12.1 Å². The Morgan fingerprint density at radius 1 is 1.40 bits per heavy atom. The smallest absolute Gasteiger partial charge is 0.270 e. The van der Waals surface area contributed by atoms with Crippen molar-refractivity contribution in [2.24, 2.45) is 0 Å². The number of hydrogen-bond donors (Lipinski definition) is 1.